The zero-order valence-corrected chi connectivity index (χ0v) is 13.8. The van der Waals surface area contributed by atoms with Gasteiger partial charge < -0.3 is 5.32 Å². The second kappa shape index (κ2) is 6.35. The molecular formula is C16H22N2S2. The minimum Gasteiger partial charge on any atom is -0.359 e. The van der Waals surface area contributed by atoms with Crippen molar-refractivity contribution < 1.29 is 0 Å². The lowest BCUT2D eigenvalue weighted by molar-refractivity contribution is 0.462. The van der Waals surface area contributed by atoms with Gasteiger partial charge in [0.05, 0.1) is 10.2 Å². The molecule has 1 aliphatic carbocycles. The zero-order chi connectivity index (χ0) is 13.9. The van der Waals surface area contributed by atoms with E-state index in [0.29, 0.717) is 11.3 Å². The minimum atomic E-state index is 0.625. The molecule has 0 radical (unpaired) electrons. The van der Waals surface area contributed by atoms with Crippen LogP contribution in [0.1, 0.15) is 46.0 Å². The van der Waals surface area contributed by atoms with Crippen molar-refractivity contribution in [3.8, 4) is 0 Å². The fourth-order valence-corrected chi connectivity index (χ4v) is 4.67. The summed E-state index contributed by atoms with van der Waals surface area (Å²) in [4.78, 5) is 6.07. The molecule has 1 saturated carbocycles. The van der Waals surface area contributed by atoms with Crippen LogP contribution in [0.3, 0.4) is 0 Å². The minimum absolute atomic E-state index is 0.625. The number of anilines is 1. The smallest absolute Gasteiger partial charge is 0.184 e. The van der Waals surface area contributed by atoms with E-state index in [1.165, 1.54) is 41.7 Å². The third kappa shape index (κ3) is 3.47. The second-order valence-electron chi connectivity index (χ2n) is 5.79. The first-order chi connectivity index (χ1) is 9.70. The first-order valence-corrected chi connectivity index (χ1v) is 9.24. The number of hydrogen-bond acceptors (Lipinski definition) is 4. The van der Waals surface area contributed by atoms with Crippen molar-refractivity contribution in [2.45, 2.75) is 62.1 Å². The van der Waals surface area contributed by atoms with Crippen LogP contribution in [0.15, 0.2) is 23.1 Å². The van der Waals surface area contributed by atoms with Crippen molar-refractivity contribution in [1.82, 2.24) is 4.98 Å². The van der Waals surface area contributed by atoms with Gasteiger partial charge in [0.1, 0.15) is 0 Å². The third-order valence-corrected chi connectivity index (χ3v) is 5.61. The van der Waals surface area contributed by atoms with E-state index < -0.39 is 0 Å². The van der Waals surface area contributed by atoms with Crippen LogP contribution in [0, 0.1) is 0 Å². The number of thiazole rings is 1. The molecule has 2 nitrogen and oxygen atoms in total. The maximum absolute atomic E-state index is 4.73. The van der Waals surface area contributed by atoms with Gasteiger partial charge in [-0.3, -0.25) is 0 Å². The molecule has 108 valence electrons. The Balaban J connectivity index is 1.75. The van der Waals surface area contributed by atoms with Crippen molar-refractivity contribution in [2.75, 3.05) is 5.32 Å². The Labute approximate surface area is 129 Å². The molecular weight excluding hydrogens is 284 g/mol. The van der Waals surface area contributed by atoms with Gasteiger partial charge >= 0.3 is 0 Å². The maximum atomic E-state index is 4.73. The largest absolute Gasteiger partial charge is 0.359 e. The number of aromatic nitrogens is 1. The van der Waals surface area contributed by atoms with Gasteiger partial charge in [-0.15, -0.1) is 11.8 Å². The summed E-state index contributed by atoms with van der Waals surface area (Å²) < 4.78 is 1.30. The first-order valence-electron chi connectivity index (χ1n) is 7.54. The standard InChI is InChI=1S/C16H22N2S2/c1-11(2)19-13-8-9-14-15(10-13)20-16(18-14)17-12-6-4-3-5-7-12/h8-12H,3-7H2,1-2H3,(H,17,18). The quantitative estimate of drug-likeness (QED) is 0.750. The highest BCUT2D eigenvalue weighted by Gasteiger charge is 2.15. The second-order valence-corrected chi connectivity index (χ2v) is 8.47. The fourth-order valence-electron chi connectivity index (χ4n) is 2.73. The normalized spacial score (nSPS) is 16.9. The van der Waals surface area contributed by atoms with Crippen molar-refractivity contribution in [1.29, 1.82) is 0 Å². The van der Waals surface area contributed by atoms with Gasteiger partial charge in [0, 0.05) is 16.2 Å². The summed E-state index contributed by atoms with van der Waals surface area (Å²) in [7, 11) is 0. The number of benzene rings is 1. The summed E-state index contributed by atoms with van der Waals surface area (Å²) in [5, 5.41) is 5.35. The SMILES string of the molecule is CC(C)Sc1ccc2nc(NC3CCCCC3)sc2c1. The Morgan fingerprint density at radius 3 is 2.80 bits per heavy atom. The summed E-state index contributed by atoms with van der Waals surface area (Å²) in [5.41, 5.74) is 1.13. The molecule has 0 bridgehead atoms. The number of thioether (sulfide) groups is 1. The summed E-state index contributed by atoms with van der Waals surface area (Å²) in [6.07, 6.45) is 6.71. The highest BCUT2D eigenvalue weighted by molar-refractivity contribution is 7.99. The molecule has 3 rings (SSSR count). The topological polar surface area (TPSA) is 24.9 Å². The fraction of sp³-hybridized carbons (Fsp3) is 0.562. The average molecular weight is 306 g/mol. The van der Waals surface area contributed by atoms with Crippen LogP contribution in [-0.2, 0) is 0 Å². The number of fused-ring (bicyclic) bond motifs is 1. The van der Waals surface area contributed by atoms with Crippen LogP contribution in [-0.4, -0.2) is 16.3 Å². The van der Waals surface area contributed by atoms with Gasteiger partial charge in [-0.2, -0.15) is 0 Å². The summed E-state index contributed by atoms with van der Waals surface area (Å²) in [5.74, 6) is 0. The van der Waals surface area contributed by atoms with E-state index in [2.05, 4.69) is 37.4 Å². The lowest BCUT2D eigenvalue weighted by atomic mass is 9.96. The summed E-state index contributed by atoms with van der Waals surface area (Å²) in [6, 6.07) is 7.26. The van der Waals surface area contributed by atoms with Gasteiger partial charge in [0.25, 0.3) is 0 Å². The van der Waals surface area contributed by atoms with E-state index >= 15 is 0 Å². The predicted octanol–water partition coefficient (Wildman–Crippen LogP) is 5.54. The van der Waals surface area contributed by atoms with Gasteiger partial charge in [0.2, 0.25) is 0 Å². The van der Waals surface area contributed by atoms with Gasteiger partial charge in [-0.1, -0.05) is 44.4 Å². The number of nitrogens with one attached hydrogen (secondary N) is 1. The molecule has 0 unspecified atom stereocenters. The molecule has 1 aromatic heterocycles. The van der Waals surface area contributed by atoms with E-state index in [1.54, 1.807) is 11.3 Å². The average Bonchev–Trinajstić information content (AvgIpc) is 2.80. The molecule has 0 atom stereocenters. The number of hydrogen-bond donors (Lipinski definition) is 1. The Bertz CT molecular complexity index is 571. The van der Waals surface area contributed by atoms with Crippen LogP contribution in [0.5, 0.6) is 0 Å². The van der Waals surface area contributed by atoms with Gasteiger partial charge in [0.15, 0.2) is 5.13 Å². The van der Waals surface area contributed by atoms with Crippen LogP contribution < -0.4 is 5.32 Å². The van der Waals surface area contributed by atoms with E-state index in [9.17, 15) is 0 Å². The van der Waals surface area contributed by atoms with E-state index in [4.69, 9.17) is 4.98 Å². The molecule has 1 aliphatic rings. The molecule has 1 fully saturated rings. The lowest BCUT2D eigenvalue weighted by Crippen LogP contribution is -2.21. The maximum Gasteiger partial charge on any atom is 0.184 e. The van der Waals surface area contributed by atoms with Crippen molar-refractivity contribution in [3.63, 3.8) is 0 Å². The lowest BCUT2D eigenvalue weighted by Gasteiger charge is -2.22. The molecule has 0 aliphatic heterocycles. The first kappa shape index (κ1) is 14.2. The number of nitrogens with zero attached hydrogens (tertiary/aromatic N) is 1. The monoisotopic (exact) mass is 306 g/mol. The predicted molar refractivity (Wildman–Crippen MR) is 91.1 cm³/mol. The molecule has 1 heterocycles. The van der Waals surface area contributed by atoms with Crippen LogP contribution in [0.25, 0.3) is 10.2 Å². The van der Waals surface area contributed by atoms with E-state index in [0.717, 1.165) is 10.6 Å². The van der Waals surface area contributed by atoms with Crippen molar-refractivity contribution in [3.05, 3.63) is 18.2 Å². The molecule has 0 amide bonds. The van der Waals surface area contributed by atoms with Gasteiger partial charge in [-0.05, 0) is 31.0 Å². The molecule has 0 spiro atoms. The van der Waals surface area contributed by atoms with Crippen LogP contribution in [0.2, 0.25) is 0 Å². The molecule has 4 heteroatoms. The Hall–Kier alpha value is -0.740. The molecule has 0 saturated heterocycles. The Morgan fingerprint density at radius 1 is 1.25 bits per heavy atom. The van der Waals surface area contributed by atoms with Crippen LogP contribution in [0.4, 0.5) is 5.13 Å². The van der Waals surface area contributed by atoms with Crippen LogP contribution >= 0.6 is 23.1 Å². The zero-order valence-electron chi connectivity index (χ0n) is 12.2. The molecule has 20 heavy (non-hydrogen) atoms. The van der Waals surface area contributed by atoms with Crippen molar-refractivity contribution >= 4 is 38.4 Å². The molecule has 1 aromatic carbocycles. The summed E-state index contributed by atoms with van der Waals surface area (Å²) >= 11 is 3.71. The molecule has 1 N–H and O–H groups in total. The van der Waals surface area contributed by atoms with E-state index in [-0.39, 0.29) is 0 Å². The van der Waals surface area contributed by atoms with Crippen molar-refractivity contribution in [2.24, 2.45) is 0 Å². The Kier molecular flexibility index (Phi) is 4.51. The van der Waals surface area contributed by atoms with E-state index in [1.807, 2.05) is 11.8 Å². The summed E-state index contributed by atoms with van der Waals surface area (Å²) in [6.45, 7) is 4.47. The number of rotatable bonds is 4. The Morgan fingerprint density at radius 2 is 2.05 bits per heavy atom. The van der Waals surface area contributed by atoms with Gasteiger partial charge in [-0.25, -0.2) is 4.98 Å². The highest BCUT2D eigenvalue weighted by atomic mass is 32.2. The molecule has 2 aromatic rings. The third-order valence-electron chi connectivity index (χ3n) is 3.66. The highest BCUT2D eigenvalue weighted by Crippen LogP contribution is 2.32.